The van der Waals surface area contributed by atoms with Crippen LogP contribution in [0.25, 0.3) is 0 Å². The molecule has 1 atom stereocenters. The summed E-state index contributed by atoms with van der Waals surface area (Å²) < 4.78 is 5.99. The van der Waals surface area contributed by atoms with Crippen molar-refractivity contribution in [3.05, 3.63) is 131 Å². The summed E-state index contributed by atoms with van der Waals surface area (Å²) in [5.74, 6) is -1.10. The first-order chi connectivity index (χ1) is 18.6. The Balaban J connectivity index is 1.58. The van der Waals surface area contributed by atoms with Crippen LogP contribution in [-0.2, 0) is 24.7 Å². The van der Waals surface area contributed by atoms with E-state index >= 15 is 0 Å². The van der Waals surface area contributed by atoms with Gasteiger partial charge in [-0.3, -0.25) is 14.4 Å². The highest BCUT2D eigenvalue weighted by atomic mass is 16.6. The summed E-state index contributed by atoms with van der Waals surface area (Å²) in [6.07, 6.45) is 1.26. The van der Waals surface area contributed by atoms with E-state index in [0.717, 1.165) is 16.7 Å². The molecule has 194 valence electrons. The number of pyridine rings is 1. The van der Waals surface area contributed by atoms with Gasteiger partial charge in [-0.25, -0.2) is 10.5 Å². The first-order valence-electron chi connectivity index (χ1n) is 12.2. The number of hydrogen-bond donors (Lipinski definition) is 3. The summed E-state index contributed by atoms with van der Waals surface area (Å²) in [5, 5.41) is 13.2. The largest absolute Gasteiger partial charge is 0.486 e. The second kappa shape index (κ2) is 13.1. The lowest BCUT2D eigenvalue weighted by Crippen LogP contribution is -2.29. The zero-order valence-electron chi connectivity index (χ0n) is 21.0. The normalized spacial score (nSPS) is 11.4. The number of rotatable bonds is 11. The maximum absolute atomic E-state index is 13.2. The lowest BCUT2D eigenvalue weighted by Gasteiger charge is -2.19. The second-order valence-electron chi connectivity index (χ2n) is 8.57. The van der Waals surface area contributed by atoms with E-state index in [1.807, 2.05) is 97.9 Å². The number of aliphatic hydroxyl groups excluding tert-OH is 1. The predicted octanol–water partition coefficient (Wildman–Crippen LogP) is 4.51. The molecule has 0 saturated heterocycles. The number of benzene rings is 3. The van der Waals surface area contributed by atoms with E-state index in [9.17, 15) is 14.7 Å². The molecule has 3 aromatic carbocycles. The molecule has 0 bridgehead atoms. The molecule has 8 heteroatoms. The van der Waals surface area contributed by atoms with Gasteiger partial charge in [0.2, 0.25) is 0 Å². The zero-order chi connectivity index (χ0) is 26.7. The number of hydroxylamine groups is 1. The number of nitrogens with zero attached hydrogens (tertiary/aromatic N) is 1. The molecule has 2 amide bonds. The number of aromatic nitrogens is 1. The lowest BCUT2D eigenvalue weighted by molar-refractivity contribution is 0.0226. The minimum absolute atomic E-state index is 0.0113. The standard InChI is InChI=1S/C30H29N3O5/c1-21(24-15-9-4-10-16-24)32-29(35)25-17-31-27(30(36)33-38-20-23-13-7-3-8-14-23)28(26(25)18-34)37-19-22-11-5-2-6-12-22/h2-17,21,34H,18-20H2,1H3,(H,32,35)(H,33,36)/t21-/m0/s1. The highest BCUT2D eigenvalue weighted by molar-refractivity contribution is 6.00. The molecule has 0 unspecified atom stereocenters. The van der Waals surface area contributed by atoms with Gasteiger partial charge in [0.05, 0.1) is 24.8 Å². The van der Waals surface area contributed by atoms with E-state index in [1.54, 1.807) is 0 Å². The Morgan fingerprint density at radius 1 is 0.842 bits per heavy atom. The number of nitrogens with one attached hydrogen (secondary N) is 2. The van der Waals surface area contributed by atoms with Crippen molar-refractivity contribution in [3.63, 3.8) is 0 Å². The molecule has 4 aromatic rings. The van der Waals surface area contributed by atoms with Crippen LogP contribution in [0.1, 0.15) is 56.1 Å². The van der Waals surface area contributed by atoms with E-state index in [1.165, 1.54) is 6.20 Å². The molecular weight excluding hydrogens is 482 g/mol. The fourth-order valence-corrected chi connectivity index (χ4v) is 3.84. The van der Waals surface area contributed by atoms with E-state index in [4.69, 9.17) is 9.57 Å². The minimum Gasteiger partial charge on any atom is -0.486 e. The molecule has 0 saturated carbocycles. The monoisotopic (exact) mass is 511 g/mol. The SMILES string of the molecule is C[C@H](NC(=O)c1cnc(C(=O)NOCc2ccccc2)c(OCc2ccccc2)c1CO)c1ccccc1. The third-order valence-corrected chi connectivity index (χ3v) is 5.87. The van der Waals surface area contributed by atoms with E-state index < -0.39 is 18.4 Å². The summed E-state index contributed by atoms with van der Waals surface area (Å²) in [4.78, 5) is 35.8. The van der Waals surface area contributed by atoms with Gasteiger partial charge < -0.3 is 15.2 Å². The Labute approximate surface area is 221 Å². The molecule has 1 heterocycles. The van der Waals surface area contributed by atoms with Gasteiger partial charge in [-0.1, -0.05) is 91.0 Å². The van der Waals surface area contributed by atoms with Crippen LogP contribution < -0.4 is 15.5 Å². The third kappa shape index (κ3) is 6.82. The van der Waals surface area contributed by atoms with Gasteiger partial charge >= 0.3 is 0 Å². The highest BCUT2D eigenvalue weighted by Crippen LogP contribution is 2.28. The molecule has 38 heavy (non-hydrogen) atoms. The number of amides is 2. The van der Waals surface area contributed by atoms with Crippen molar-refractivity contribution in [1.29, 1.82) is 0 Å². The minimum atomic E-state index is -0.664. The van der Waals surface area contributed by atoms with Crippen molar-refractivity contribution in [3.8, 4) is 5.75 Å². The van der Waals surface area contributed by atoms with Crippen LogP contribution in [0.5, 0.6) is 5.75 Å². The Hall–Kier alpha value is -4.53. The number of carbonyl (C=O) groups is 2. The van der Waals surface area contributed by atoms with Crippen LogP contribution in [0.3, 0.4) is 0 Å². The van der Waals surface area contributed by atoms with E-state index in [2.05, 4.69) is 15.8 Å². The average Bonchev–Trinajstić information content (AvgIpc) is 2.96. The zero-order valence-corrected chi connectivity index (χ0v) is 21.0. The molecule has 8 nitrogen and oxygen atoms in total. The quantitative estimate of drug-likeness (QED) is 0.256. The second-order valence-corrected chi connectivity index (χ2v) is 8.57. The number of hydrogen-bond acceptors (Lipinski definition) is 6. The first-order valence-corrected chi connectivity index (χ1v) is 12.2. The molecular formula is C30H29N3O5. The fraction of sp³-hybridized carbons (Fsp3) is 0.167. The van der Waals surface area contributed by atoms with E-state index in [-0.39, 0.29) is 41.8 Å². The summed E-state index contributed by atoms with van der Waals surface area (Å²) >= 11 is 0. The maximum atomic E-state index is 13.2. The predicted molar refractivity (Wildman–Crippen MR) is 142 cm³/mol. The van der Waals surface area contributed by atoms with Crippen molar-refractivity contribution in [2.45, 2.75) is 32.8 Å². The fourth-order valence-electron chi connectivity index (χ4n) is 3.84. The molecule has 0 aliphatic heterocycles. The summed E-state index contributed by atoms with van der Waals surface area (Å²) in [6.45, 7) is 1.57. The van der Waals surface area contributed by atoms with Gasteiger partial charge in [0.1, 0.15) is 6.61 Å². The third-order valence-electron chi connectivity index (χ3n) is 5.87. The first kappa shape index (κ1) is 26.5. The molecule has 0 spiro atoms. The number of aliphatic hydroxyl groups is 1. The van der Waals surface area contributed by atoms with Gasteiger partial charge in [-0.2, -0.15) is 0 Å². The van der Waals surface area contributed by atoms with Crippen LogP contribution >= 0.6 is 0 Å². The Morgan fingerprint density at radius 2 is 1.42 bits per heavy atom. The van der Waals surface area contributed by atoms with Gasteiger partial charge in [0.25, 0.3) is 11.8 Å². The highest BCUT2D eigenvalue weighted by Gasteiger charge is 2.25. The van der Waals surface area contributed by atoms with Gasteiger partial charge in [0, 0.05) is 11.8 Å². The van der Waals surface area contributed by atoms with Gasteiger partial charge in [-0.15, -0.1) is 0 Å². The van der Waals surface area contributed by atoms with Crippen LogP contribution in [0, 0.1) is 0 Å². The van der Waals surface area contributed by atoms with E-state index in [0.29, 0.717) is 0 Å². The smallest absolute Gasteiger partial charge is 0.297 e. The van der Waals surface area contributed by atoms with Crippen molar-refractivity contribution < 1.29 is 24.3 Å². The Bertz CT molecular complexity index is 1350. The van der Waals surface area contributed by atoms with Crippen LogP contribution in [0.2, 0.25) is 0 Å². The molecule has 0 radical (unpaired) electrons. The van der Waals surface area contributed by atoms with Gasteiger partial charge in [0.15, 0.2) is 11.4 Å². The molecule has 0 aliphatic carbocycles. The summed E-state index contributed by atoms with van der Waals surface area (Å²) in [6, 6.07) is 27.9. The van der Waals surface area contributed by atoms with Crippen molar-refractivity contribution in [1.82, 2.24) is 15.8 Å². The maximum Gasteiger partial charge on any atom is 0.297 e. The van der Waals surface area contributed by atoms with Gasteiger partial charge in [-0.05, 0) is 23.6 Å². The molecule has 0 fully saturated rings. The van der Waals surface area contributed by atoms with Crippen molar-refractivity contribution >= 4 is 11.8 Å². The summed E-state index contributed by atoms with van der Waals surface area (Å²) in [5.41, 5.74) is 5.17. The molecule has 3 N–H and O–H groups in total. The average molecular weight is 512 g/mol. The van der Waals surface area contributed by atoms with Crippen molar-refractivity contribution in [2.75, 3.05) is 0 Å². The van der Waals surface area contributed by atoms with Crippen LogP contribution in [0.4, 0.5) is 0 Å². The molecule has 0 aliphatic rings. The molecule has 1 aromatic heterocycles. The number of ether oxygens (including phenoxy) is 1. The lowest BCUT2D eigenvalue weighted by atomic mass is 10.0. The summed E-state index contributed by atoms with van der Waals surface area (Å²) in [7, 11) is 0. The Kier molecular flexibility index (Phi) is 9.17. The van der Waals surface area contributed by atoms with Crippen molar-refractivity contribution in [2.24, 2.45) is 0 Å². The number of carbonyl (C=O) groups excluding carboxylic acids is 2. The van der Waals surface area contributed by atoms with Crippen LogP contribution in [-0.4, -0.2) is 21.9 Å². The topological polar surface area (TPSA) is 110 Å². The van der Waals surface area contributed by atoms with Crippen LogP contribution in [0.15, 0.2) is 97.2 Å². The Morgan fingerprint density at radius 3 is 2.03 bits per heavy atom. The molecule has 4 rings (SSSR count).